The molecule has 0 atom stereocenters. The van der Waals surface area contributed by atoms with Crippen LogP contribution < -0.4 is 10.2 Å². The van der Waals surface area contributed by atoms with Crippen molar-refractivity contribution in [2.75, 3.05) is 23.3 Å². The molecule has 0 radical (unpaired) electrons. The number of amides is 1. The number of carbonyl (C=O) groups excluding carboxylic acids is 1. The predicted octanol–water partition coefficient (Wildman–Crippen LogP) is 3.38. The minimum absolute atomic E-state index is 0.198. The van der Waals surface area contributed by atoms with Gasteiger partial charge >= 0.3 is 0 Å². The van der Waals surface area contributed by atoms with Gasteiger partial charge in [-0.1, -0.05) is 6.07 Å². The number of nitrogens with one attached hydrogen (secondary N) is 1. The summed E-state index contributed by atoms with van der Waals surface area (Å²) in [5.74, 6) is -0.198. The SMILES string of the molecule is N#Cc1cc(NC(=O)c2cccc(I)c2)ccc1N1CCC(O)CC1. The Kier molecular flexibility index (Phi) is 5.56. The van der Waals surface area contributed by atoms with E-state index in [0.29, 0.717) is 29.7 Å². The van der Waals surface area contributed by atoms with E-state index in [-0.39, 0.29) is 12.0 Å². The molecule has 1 amide bonds. The van der Waals surface area contributed by atoms with Gasteiger partial charge in [-0.05, 0) is 71.8 Å². The second kappa shape index (κ2) is 7.85. The average molecular weight is 447 g/mol. The first-order valence-corrected chi connectivity index (χ1v) is 9.19. The molecule has 5 nitrogen and oxygen atoms in total. The summed E-state index contributed by atoms with van der Waals surface area (Å²) < 4.78 is 0.991. The van der Waals surface area contributed by atoms with E-state index in [1.165, 1.54) is 0 Å². The molecular formula is C19H18IN3O2. The maximum Gasteiger partial charge on any atom is 0.255 e. The lowest BCUT2D eigenvalue weighted by molar-refractivity contribution is 0.102. The Balaban J connectivity index is 1.77. The van der Waals surface area contributed by atoms with Gasteiger partial charge in [0.1, 0.15) is 6.07 Å². The highest BCUT2D eigenvalue weighted by Gasteiger charge is 2.20. The third-order valence-corrected chi connectivity index (χ3v) is 4.94. The molecule has 0 saturated carbocycles. The maximum atomic E-state index is 12.4. The van der Waals surface area contributed by atoms with Crippen molar-refractivity contribution >= 4 is 39.9 Å². The van der Waals surface area contributed by atoms with Crippen LogP contribution in [0.3, 0.4) is 0 Å². The Bertz CT molecular complexity index is 824. The van der Waals surface area contributed by atoms with Gasteiger partial charge in [0.2, 0.25) is 0 Å². The quantitative estimate of drug-likeness (QED) is 0.708. The number of carbonyl (C=O) groups is 1. The summed E-state index contributed by atoms with van der Waals surface area (Å²) >= 11 is 2.17. The van der Waals surface area contributed by atoms with Crippen LogP contribution in [0.4, 0.5) is 11.4 Å². The Morgan fingerprint density at radius 2 is 2.00 bits per heavy atom. The Labute approximate surface area is 160 Å². The first-order chi connectivity index (χ1) is 12.1. The highest BCUT2D eigenvalue weighted by molar-refractivity contribution is 14.1. The third kappa shape index (κ3) is 4.30. The Morgan fingerprint density at radius 3 is 2.68 bits per heavy atom. The standard InChI is InChI=1S/C19H18IN3O2/c20-15-3-1-2-13(10-15)19(25)22-16-4-5-18(14(11-16)12-21)23-8-6-17(24)7-9-23/h1-5,10-11,17,24H,6-9H2,(H,22,25). The lowest BCUT2D eigenvalue weighted by Gasteiger charge is -2.32. The number of benzene rings is 2. The number of nitriles is 1. The van der Waals surface area contributed by atoms with Crippen LogP contribution in [0.15, 0.2) is 42.5 Å². The molecular weight excluding hydrogens is 429 g/mol. The van der Waals surface area contributed by atoms with E-state index in [1.807, 2.05) is 30.3 Å². The van der Waals surface area contributed by atoms with Crippen LogP contribution >= 0.6 is 22.6 Å². The third-order valence-electron chi connectivity index (χ3n) is 4.27. The summed E-state index contributed by atoms with van der Waals surface area (Å²) in [7, 11) is 0. The number of rotatable bonds is 3. The van der Waals surface area contributed by atoms with Crippen molar-refractivity contribution in [3.63, 3.8) is 0 Å². The normalized spacial score (nSPS) is 14.8. The lowest BCUT2D eigenvalue weighted by Crippen LogP contribution is -2.36. The summed E-state index contributed by atoms with van der Waals surface area (Å²) in [6.45, 7) is 1.45. The van der Waals surface area contributed by atoms with Crippen LogP contribution in [0, 0.1) is 14.9 Å². The molecule has 1 aliphatic rings. The first-order valence-electron chi connectivity index (χ1n) is 8.11. The zero-order valence-corrected chi connectivity index (χ0v) is 15.7. The van der Waals surface area contributed by atoms with Crippen molar-refractivity contribution in [3.8, 4) is 6.07 Å². The summed E-state index contributed by atoms with van der Waals surface area (Å²) in [5, 5.41) is 22.0. The molecule has 3 rings (SSSR count). The lowest BCUT2D eigenvalue weighted by atomic mass is 10.0. The predicted molar refractivity (Wildman–Crippen MR) is 106 cm³/mol. The van der Waals surface area contributed by atoms with E-state index in [0.717, 1.165) is 22.3 Å². The Hall–Kier alpha value is -2.11. The van der Waals surface area contributed by atoms with E-state index in [2.05, 4.69) is 38.9 Å². The number of anilines is 2. The van der Waals surface area contributed by atoms with Crippen LogP contribution in [0.2, 0.25) is 0 Å². The number of nitrogens with zero attached hydrogens (tertiary/aromatic N) is 2. The van der Waals surface area contributed by atoms with E-state index in [1.54, 1.807) is 12.1 Å². The van der Waals surface area contributed by atoms with Crippen LogP contribution in [0.5, 0.6) is 0 Å². The molecule has 2 aromatic rings. The summed E-state index contributed by atoms with van der Waals surface area (Å²) in [4.78, 5) is 14.5. The second-order valence-corrected chi connectivity index (χ2v) is 7.27. The number of aliphatic hydroxyl groups is 1. The van der Waals surface area contributed by atoms with Gasteiger partial charge in [-0.3, -0.25) is 4.79 Å². The van der Waals surface area contributed by atoms with Crippen LogP contribution in [0.25, 0.3) is 0 Å². The topological polar surface area (TPSA) is 76.4 Å². The molecule has 0 aliphatic carbocycles. The van der Waals surface area contributed by atoms with Gasteiger partial charge in [0.05, 0.1) is 17.4 Å². The number of piperidine rings is 1. The molecule has 128 valence electrons. The van der Waals surface area contributed by atoms with E-state index in [9.17, 15) is 15.2 Å². The highest BCUT2D eigenvalue weighted by atomic mass is 127. The Morgan fingerprint density at radius 1 is 1.24 bits per heavy atom. The molecule has 1 fully saturated rings. The molecule has 1 aliphatic heterocycles. The minimum Gasteiger partial charge on any atom is -0.393 e. The number of hydrogen-bond donors (Lipinski definition) is 2. The summed E-state index contributed by atoms with van der Waals surface area (Å²) in [6, 6.07) is 14.9. The van der Waals surface area contributed by atoms with Gasteiger partial charge < -0.3 is 15.3 Å². The zero-order valence-electron chi connectivity index (χ0n) is 13.6. The van der Waals surface area contributed by atoms with E-state index < -0.39 is 0 Å². The van der Waals surface area contributed by atoms with Crippen LogP contribution in [0.1, 0.15) is 28.8 Å². The molecule has 25 heavy (non-hydrogen) atoms. The summed E-state index contributed by atoms with van der Waals surface area (Å²) in [5.41, 5.74) is 2.55. The highest BCUT2D eigenvalue weighted by Crippen LogP contribution is 2.27. The van der Waals surface area contributed by atoms with Crippen molar-refractivity contribution in [1.82, 2.24) is 0 Å². The number of halogens is 1. The fourth-order valence-electron chi connectivity index (χ4n) is 2.92. The fourth-order valence-corrected chi connectivity index (χ4v) is 3.46. The summed E-state index contributed by atoms with van der Waals surface area (Å²) in [6.07, 6.45) is 1.15. The van der Waals surface area contributed by atoms with Gasteiger partial charge in [0.15, 0.2) is 0 Å². The van der Waals surface area contributed by atoms with Crippen molar-refractivity contribution in [3.05, 3.63) is 57.2 Å². The van der Waals surface area contributed by atoms with Gasteiger partial charge in [-0.15, -0.1) is 0 Å². The fraction of sp³-hybridized carbons (Fsp3) is 0.263. The van der Waals surface area contributed by atoms with Crippen molar-refractivity contribution < 1.29 is 9.90 Å². The van der Waals surface area contributed by atoms with E-state index in [4.69, 9.17) is 0 Å². The molecule has 0 unspecified atom stereocenters. The van der Waals surface area contributed by atoms with Crippen molar-refractivity contribution in [1.29, 1.82) is 5.26 Å². The van der Waals surface area contributed by atoms with E-state index >= 15 is 0 Å². The number of aliphatic hydroxyl groups excluding tert-OH is 1. The van der Waals surface area contributed by atoms with Gasteiger partial charge in [0, 0.05) is 27.9 Å². The molecule has 0 aromatic heterocycles. The smallest absolute Gasteiger partial charge is 0.255 e. The monoisotopic (exact) mass is 447 g/mol. The van der Waals surface area contributed by atoms with Gasteiger partial charge in [-0.2, -0.15) is 5.26 Å². The van der Waals surface area contributed by atoms with Crippen LogP contribution in [-0.4, -0.2) is 30.2 Å². The first kappa shape index (κ1) is 17.7. The second-order valence-electron chi connectivity index (χ2n) is 6.03. The molecule has 0 spiro atoms. The van der Waals surface area contributed by atoms with Gasteiger partial charge in [0.25, 0.3) is 5.91 Å². The average Bonchev–Trinajstić information content (AvgIpc) is 2.62. The van der Waals surface area contributed by atoms with Crippen LogP contribution in [-0.2, 0) is 0 Å². The minimum atomic E-state index is -0.256. The molecule has 2 N–H and O–H groups in total. The molecule has 2 aromatic carbocycles. The molecule has 1 heterocycles. The van der Waals surface area contributed by atoms with Gasteiger partial charge in [-0.25, -0.2) is 0 Å². The molecule has 0 bridgehead atoms. The zero-order chi connectivity index (χ0) is 17.8. The largest absolute Gasteiger partial charge is 0.393 e. The molecule has 1 saturated heterocycles. The number of hydrogen-bond acceptors (Lipinski definition) is 4. The van der Waals surface area contributed by atoms with Crippen molar-refractivity contribution in [2.24, 2.45) is 0 Å². The molecule has 6 heteroatoms. The maximum absolute atomic E-state index is 12.4. The van der Waals surface area contributed by atoms with Crippen molar-refractivity contribution in [2.45, 2.75) is 18.9 Å².